The summed E-state index contributed by atoms with van der Waals surface area (Å²) < 4.78 is 12.9. The summed E-state index contributed by atoms with van der Waals surface area (Å²) in [5, 5.41) is 2.23. The molecular weight excluding hydrogens is 338 g/mol. The molecule has 0 radical (unpaired) electrons. The predicted octanol–water partition coefficient (Wildman–Crippen LogP) is 5.25. The Kier molecular flexibility index (Phi) is 4.32. The standard InChI is InChI=1S/C23H21NO3/c1-4-27-23(25)22-20(18-11-7-8-12-19(18)26-3)15(2)21-17-10-6-5-9-16(17)13-14-24(21)22/h5-14H,4H2,1-3H3. The first-order valence-corrected chi connectivity index (χ1v) is 9.00. The molecule has 4 rings (SSSR count). The largest absolute Gasteiger partial charge is 0.496 e. The third-order valence-corrected chi connectivity index (χ3v) is 4.91. The average Bonchev–Trinajstić information content (AvgIpc) is 3.01. The number of aromatic nitrogens is 1. The van der Waals surface area contributed by atoms with Gasteiger partial charge in [-0.25, -0.2) is 4.79 Å². The van der Waals surface area contributed by atoms with Crippen molar-refractivity contribution in [3.8, 4) is 16.9 Å². The molecule has 0 aliphatic rings. The molecule has 0 amide bonds. The summed E-state index contributed by atoms with van der Waals surface area (Å²) >= 11 is 0. The number of pyridine rings is 1. The van der Waals surface area contributed by atoms with Crippen LogP contribution in [-0.4, -0.2) is 24.1 Å². The van der Waals surface area contributed by atoms with Crippen molar-refractivity contribution >= 4 is 22.3 Å². The lowest BCUT2D eigenvalue weighted by Crippen LogP contribution is -2.09. The Morgan fingerprint density at radius 2 is 1.78 bits per heavy atom. The van der Waals surface area contributed by atoms with Gasteiger partial charge in [-0.1, -0.05) is 42.5 Å². The van der Waals surface area contributed by atoms with Crippen molar-refractivity contribution < 1.29 is 14.3 Å². The van der Waals surface area contributed by atoms with Gasteiger partial charge >= 0.3 is 5.97 Å². The lowest BCUT2D eigenvalue weighted by atomic mass is 9.99. The Bertz CT molecular complexity index is 1160. The molecule has 0 bridgehead atoms. The van der Waals surface area contributed by atoms with Gasteiger partial charge < -0.3 is 13.9 Å². The normalized spacial score (nSPS) is 11.1. The SMILES string of the molecule is CCOC(=O)c1c(-c2ccccc2OC)c(C)c2c3ccccc3ccn12. The van der Waals surface area contributed by atoms with Crippen LogP contribution in [0.15, 0.2) is 60.8 Å². The van der Waals surface area contributed by atoms with Gasteiger partial charge in [-0.3, -0.25) is 0 Å². The van der Waals surface area contributed by atoms with Crippen molar-refractivity contribution in [2.24, 2.45) is 0 Å². The maximum Gasteiger partial charge on any atom is 0.355 e. The highest BCUT2D eigenvalue weighted by Crippen LogP contribution is 2.40. The van der Waals surface area contributed by atoms with Crippen LogP contribution in [-0.2, 0) is 4.74 Å². The zero-order valence-corrected chi connectivity index (χ0v) is 15.7. The third kappa shape index (κ3) is 2.65. The van der Waals surface area contributed by atoms with E-state index < -0.39 is 0 Å². The van der Waals surface area contributed by atoms with E-state index in [2.05, 4.69) is 12.1 Å². The highest BCUT2D eigenvalue weighted by Gasteiger charge is 2.26. The van der Waals surface area contributed by atoms with Gasteiger partial charge in [0.25, 0.3) is 0 Å². The van der Waals surface area contributed by atoms with Crippen molar-refractivity contribution in [2.45, 2.75) is 13.8 Å². The van der Waals surface area contributed by atoms with Crippen LogP contribution in [0.3, 0.4) is 0 Å². The van der Waals surface area contributed by atoms with E-state index in [1.54, 1.807) is 7.11 Å². The van der Waals surface area contributed by atoms with E-state index in [0.29, 0.717) is 12.3 Å². The Morgan fingerprint density at radius 1 is 1.04 bits per heavy atom. The molecule has 0 aliphatic heterocycles. The van der Waals surface area contributed by atoms with Crippen LogP contribution in [0.25, 0.3) is 27.4 Å². The van der Waals surface area contributed by atoms with Crippen molar-refractivity contribution in [1.82, 2.24) is 4.40 Å². The summed E-state index contributed by atoms with van der Waals surface area (Å²) in [6, 6.07) is 18.0. The molecule has 27 heavy (non-hydrogen) atoms. The Labute approximate surface area is 158 Å². The second-order valence-corrected chi connectivity index (χ2v) is 6.39. The Morgan fingerprint density at radius 3 is 2.56 bits per heavy atom. The van der Waals surface area contributed by atoms with Gasteiger partial charge in [-0.15, -0.1) is 0 Å². The molecule has 2 aromatic carbocycles. The molecule has 0 saturated carbocycles. The summed E-state index contributed by atoms with van der Waals surface area (Å²) in [5.74, 6) is 0.392. The van der Waals surface area contributed by atoms with Crippen LogP contribution in [0.1, 0.15) is 23.0 Å². The maximum atomic E-state index is 12.9. The van der Waals surface area contributed by atoms with E-state index in [1.807, 2.05) is 66.9 Å². The minimum atomic E-state index is -0.336. The smallest absolute Gasteiger partial charge is 0.355 e. The first-order chi connectivity index (χ1) is 13.2. The summed E-state index contributed by atoms with van der Waals surface area (Å²) in [5.41, 5.74) is 4.30. The minimum Gasteiger partial charge on any atom is -0.496 e. The number of aryl methyl sites for hydroxylation is 1. The molecule has 2 heterocycles. The van der Waals surface area contributed by atoms with Crippen molar-refractivity contribution in [3.63, 3.8) is 0 Å². The number of para-hydroxylation sites is 1. The second kappa shape index (κ2) is 6.80. The molecule has 0 N–H and O–H groups in total. The zero-order valence-electron chi connectivity index (χ0n) is 15.7. The number of ether oxygens (including phenoxy) is 2. The number of hydrogen-bond donors (Lipinski definition) is 0. The van der Waals surface area contributed by atoms with E-state index in [0.717, 1.165) is 38.7 Å². The molecule has 0 saturated heterocycles. The fourth-order valence-corrected chi connectivity index (χ4v) is 3.78. The van der Waals surface area contributed by atoms with E-state index in [-0.39, 0.29) is 5.97 Å². The summed E-state index contributed by atoms with van der Waals surface area (Å²) in [6.07, 6.45) is 1.94. The lowest BCUT2D eigenvalue weighted by Gasteiger charge is -2.10. The fraction of sp³-hybridized carbons (Fsp3) is 0.174. The molecule has 136 valence electrons. The zero-order chi connectivity index (χ0) is 19.0. The van der Waals surface area contributed by atoms with Gasteiger partial charge in [0.1, 0.15) is 11.4 Å². The van der Waals surface area contributed by atoms with Crippen molar-refractivity contribution in [3.05, 3.63) is 72.1 Å². The number of rotatable bonds is 4. The quantitative estimate of drug-likeness (QED) is 0.467. The van der Waals surface area contributed by atoms with Crippen LogP contribution in [0, 0.1) is 6.92 Å². The monoisotopic (exact) mass is 359 g/mol. The van der Waals surface area contributed by atoms with Crippen LogP contribution < -0.4 is 4.74 Å². The predicted molar refractivity (Wildman–Crippen MR) is 108 cm³/mol. The summed E-state index contributed by atoms with van der Waals surface area (Å²) in [7, 11) is 1.64. The highest BCUT2D eigenvalue weighted by molar-refractivity contribution is 6.07. The van der Waals surface area contributed by atoms with Crippen LogP contribution in [0.5, 0.6) is 5.75 Å². The summed E-state index contributed by atoms with van der Waals surface area (Å²) in [4.78, 5) is 12.9. The number of hydrogen-bond acceptors (Lipinski definition) is 3. The van der Waals surface area contributed by atoms with E-state index in [1.165, 1.54) is 0 Å². The Hall–Kier alpha value is -3.27. The summed E-state index contributed by atoms with van der Waals surface area (Å²) in [6.45, 7) is 4.19. The molecule has 0 aliphatic carbocycles. The number of fused-ring (bicyclic) bond motifs is 3. The average molecular weight is 359 g/mol. The first kappa shape index (κ1) is 17.2. The van der Waals surface area contributed by atoms with Gasteiger partial charge in [0, 0.05) is 22.7 Å². The Balaban J connectivity index is 2.16. The van der Waals surface area contributed by atoms with E-state index >= 15 is 0 Å². The molecule has 2 aromatic heterocycles. The topological polar surface area (TPSA) is 39.9 Å². The van der Waals surface area contributed by atoms with Gasteiger partial charge in [0.05, 0.1) is 19.2 Å². The molecule has 4 aromatic rings. The first-order valence-electron chi connectivity index (χ1n) is 9.00. The van der Waals surface area contributed by atoms with Crippen molar-refractivity contribution in [2.75, 3.05) is 13.7 Å². The number of carbonyl (C=O) groups excluding carboxylic acids is 1. The molecular formula is C23H21NO3. The maximum absolute atomic E-state index is 12.9. The highest BCUT2D eigenvalue weighted by atomic mass is 16.5. The third-order valence-electron chi connectivity index (χ3n) is 4.91. The molecule has 0 unspecified atom stereocenters. The number of benzene rings is 2. The van der Waals surface area contributed by atoms with Crippen molar-refractivity contribution in [1.29, 1.82) is 0 Å². The molecule has 4 nitrogen and oxygen atoms in total. The molecule has 4 heteroatoms. The molecule has 0 fully saturated rings. The number of carbonyl (C=O) groups is 1. The van der Waals surface area contributed by atoms with Gasteiger partial charge in [-0.05, 0) is 36.9 Å². The van der Waals surface area contributed by atoms with Gasteiger partial charge in [0.2, 0.25) is 0 Å². The lowest BCUT2D eigenvalue weighted by molar-refractivity contribution is 0.0519. The molecule has 0 spiro atoms. The minimum absolute atomic E-state index is 0.323. The van der Waals surface area contributed by atoms with Crippen LogP contribution in [0.4, 0.5) is 0 Å². The number of methoxy groups -OCH3 is 1. The van der Waals surface area contributed by atoms with Gasteiger partial charge in [0.15, 0.2) is 0 Å². The van der Waals surface area contributed by atoms with Gasteiger partial charge in [-0.2, -0.15) is 0 Å². The van der Waals surface area contributed by atoms with Crippen LogP contribution >= 0.6 is 0 Å². The van der Waals surface area contributed by atoms with E-state index in [9.17, 15) is 4.79 Å². The van der Waals surface area contributed by atoms with Crippen LogP contribution in [0.2, 0.25) is 0 Å². The second-order valence-electron chi connectivity index (χ2n) is 6.39. The van der Waals surface area contributed by atoms with E-state index in [4.69, 9.17) is 9.47 Å². The number of nitrogens with zero attached hydrogens (tertiary/aromatic N) is 1. The fourth-order valence-electron chi connectivity index (χ4n) is 3.78. The molecule has 0 atom stereocenters. The number of esters is 1.